The number of hydrogen-bond acceptors (Lipinski definition) is 5. The number of fused-ring (bicyclic) bond motifs is 3. The Hall–Kier alpha value is -4.17. The molecule has 0 saturated carbocycles. The van der Waals surface area contributed by atoms with Crippen LogP contribution in [-0.2, 0) is 32.1 Å². The molecule has 8 nitrogen and oxygen atoms in total. The predicted molar refractivity (Wildman–Crippen MR) is 128 cm³/mol. The van der Waals surface area contributed by atoms with Crippen molar-refractivity contribution in [2.75, 3.05) is 6.61 Å². The number of amides is 2. The molecule has 3 N–H and O–H groups in total. The summed E-state index contributed by atoms with van der Waals surface area (Å²) in [6.07, 6.45) is -1.75. The van der Waals surface area contributed by atoms with E-state index in [-0.39, 0.29) is 25.5 Å². The summed E-state index contributed by atoms with van der Waals surface area (Å²) in [6, 6.07) is 23.4. The molecule has 1 atom stereocenters. The molecule has 0 fully saturated rings. The number of rotatable bonds is 9. The molecular weight excluding hydrogens is 448 g/mol. The Balaban J connectivity index is 1.32. The van der Waals surface area contributed by atoms with Crippen LogP contribution in [0.1, 0.15) is 35.1 Å². The average molecular weight is 475 g/mol. The molecule has 3 aromatic rings. The fraction of sp³-hybridized carbons (Fsp3) is 0.222. The van der Waals surface area contributed by atoms with E-state index in [0.29, 0.717) is 5.56 Å². The summed E-state index contributed by atoms with van der Waals surface area (Å²) in [5.74, 6) is -1.71. The quantitative estimate of drug-likeness (QED) is 0.407. The second-order valence-corrected chi connectivity index (χ2v) is 8.25. The van der Waals surface area contributed by atoms with Crippen LogP contribution in [0, 0.1) is 0 Å². The fourth-order valence-electron chi connectivity index (χ4n) is 4.13. The first kappa shape index (κ1) is 24.0. The number of carbonyl (C=O) groups is 3. The van der Waals surface area contributed by atoms with E-state index in [2.05, 4.69) is 35.1 Å². The standard InChI is InChI=1S/C27H26N2O6/c1-17(26(31)32)35-29-25(30)14-18-8-2-3-9-19(18)15-28-27(33)34-16-24-22-12-6-4-10-20(22)21-11-5-7-13-23(21)24/h2-13,17,24H,14-16H2,1H3,(H,28,33)(H,29,30)(H,31,32). The molecular formula is C27H26N2O6. The number of carboxylic acids is 1. The van der Waals surface area contributed by atoms with Crippen molar-refractivity contribution in [2.45, 2.75) is 31.9 Å². The molecule has 0 spiro atoms. The lowest BCUT2D eigenvalue weighted by Crippen LogP contribution is -2.33. The SMILES string of the molecule is CC(ONC(=O)Cc1ccccc1CNC(=O)OCC1c2ccccc2-c2ccccc21)C(=O)O. The van der Waals surface area contributed by atoms with Gasteiger partial charge in [-0.25, -0.2) is 15.1 Å². The van der Waals surface area contributed by atoms with E-state index in [9.17, 15) is 14.4 Å². The molecule has 3 aromatic carbocycles. The summed E-state index contributed by atoms with van der Waals surface area (Å²) in [5, 5.41) is 11.6. The Morgan fingerprint density at radius 3 is 2.09 bits per heavy atom. The number of hydrogen-bond donors (Lipinski definition) is 3. The van der Waals surface area contributed by atoms with Crippen LogP contribution in [0.25, 0.3) is 11.1 Å². The van der Waals surface area contributed by atoms with Gasteiger partial charge in [0.15, 0.2) is 6.10 Å². The largest absolute Gasteiger partial charge is 0.479 e. The number of aliphatic carboxylic acids is 1. The second kappa shape index (κ2) is 10.8. The summed E-state index contributed by atoms with van der Waals surface area (Å²) >= 11 is 0. The lowest BCUT2D eigenvalue weighted by atomic mass is 9.98. The normalized spacial score (nSPS) is 12.8. The Kier molecular flexibility index (Phi) is 7.42. The Labute approximate surface area is 202 Å². The van der Waals surface area contributed by atoms with E-state index >= 15 is 0 Å². The molecule has 1 aliphatic carbocycles. The van der Waals surface area contributed by atoms with Crippen LogP contribution in [0.5, 0.6) is 0 Å². The lowest BCUT2D eigenvalue weighted by molar-refractivity contribution is -0.158. The van der Waals surface area contributed by atoms with Gasteiger partial charge in [-0.3, -0.25) is 9.63 Å². The van der Waals surface area contributed by atoms with Gasteiger partial charge in [0.2, 0.25) is 5.91 Å². The minimum absolute atomic E-state index is 0.0303. The van der Waals surface area contributed by atoms with Crippen molar-refractivity contribution in [2.24, 2.45) is 0 Å². The van der Waals surface area contributed by atoms with Gasteiger partial charge >= 0.3 is 12.1 Å². The van der Waals surface area contributed by atoms with Crippen LogP contribution in [0.15, 0.2) is 72.8 Å². The number of carboxylic acid groups (broad SMARTS) is 1. The molecule has 35 heavy (non-hydrogen) atoms. The second-order valence-electron chi connectivity index (χ2n) is 8.25. The molecule has 1 aliphatic rings. The van der Waals surface area contributed by atoms with Crippen molar-refractivity contribution in [3.05, 3.63) is 95.1 Å². The monoisotopic (exact) mass is 474 g/mol. The van der Waals surface area contributed by atoms with E-state index in [4.69, 9.17) is 14.7 Å². The van der Waals surface area contributed by atoms with E-state index in [1.54, 1.807) is 24.3 Å². The van der Waals surface area contributed by atoms with Crippen LogP contribution >= 0.6 is 0 Å². The maximum absolute atomic E-state index is 12.5. The van der Waals surface area contributed by atoms with Crippen molar-refractivity contribution in [3.8, 4) is 11.1 Å². The Morgan fingerprint density at radius 2 is 1.46 bits per heavy atom. The highest BCUT2D eigenvalue weighted by atomic mass is 16.7. The van der Waals surface area contributed by atoms with E-state index in [1.807, 2.05) is 24.3 Å². The van der Waals surface area contributed by atoms with Crippen LogP contribution < -0.4 is 10.8 Å². The summed E-state index contributed by atoms with van der Waals surface area (Å²) < 4.78 is 5.56. The van der Waals surface area contributed by atoms with Crippen molar-refractivity contribution >= 4 is 18.0 Å². The van der Waals surface area contributed by atoms with E-state index in [1.165, 1.54) is 6.92 Å². The van der Waals surface area contributed by atoms with Gasteiger partial charge in [0.25, 0.3) is 0 Å². The maximum atomic E-state index is 12.5. The molecule has 180 valence electrons. The minimum Gasteiger partial charge on any atom is -0.479 e. The highest BCUT2D eigenvalue weighted by Crippen LogP contribution is 2.44. The van der Waals surface area contributed by atoms with Crippen molar-refractivity contribution in [3.63, 3.8) is 0 Å². The van der Waals surface area contributed by atoms with Gasteiger partial charge < -0.3 is 15.2 Å². The maximum Gasteiger partial charge on any atom is 0.407 e. The highest BCUT2D eigenvalue weighted by molar-refractivity contribution is 5.80. The van der Waals surface area contributed by atoms with Crippen LogP contribution in [-0.4, -0.2) is 35.8 Å². The third kappa shape index (κ3) is 5.67. The topological polar surface area (TPSA) is 114 Å². The van der Waals surface area contributed by atoms with Gasteiger partial charge in [-0.2, -0.15) is 0 Å². The Bertz CT molecular complexity index is 1200. The first-order chi connectivity index (χ1) is 16.9. The smallest absolute Gasteiger partial charge is 0.407 e. The van der Waals surface area contributed by atoms with Crippen molar-refractivity contribution in [1.82, 2.24) is 10.8 Å². The van der Waals surface area contributed by atoms with Crippen LogP contribution in [0.2, 0.25) is 0 Å². The van der Waals surface area contributed by atoms with Gasteiger partial charge in [-0.15, -0.1) is 0 Å². The molecule has 2 amide bonds. The minimum atomic E-state index is -1.18. The molecule has 0 bridgehead atoms. The summed E-state index contributed by atoms with van der Waals surface area (Å²) in [5.41, 5.74) is 8.14. The summed E-state index contributed by atoms with van der Waals surface area (Å²) in [6.45, 7) is 1.70. The van der Waals surface area contributed by atoms with Gasteiger partial charge in [0.05, 0.1) is 6.42 Å². The Morgan fingerprint density at radius 1 is 0.886 bits per heavy atom. The third-order valence-corrected chi connectivity index (χ3v) is 5.93. The first-order valence-corrected chi connectivity index (χ1v) is 11.3. The number of carbonyl (C=O) groups excluding carboxylic acids is 2. The van der Waals surface area contributed by atoms with Gasteiger partial charge in [-0.1, -0.05) is 72.8 Å². The molecule has 0 heterocycles. The zero-order chi connectivity index (χ0) is 24.8. The van der Waals surface area contributed by atoms with Gasteiger partial charge in [0, 0.05) is 12.5 Å². The molecule has 0 aliphatic heterocycles. The van der Waals surface area contributed by atoms with E-state index < -0.39 is 24.1 Å². The number of benzene rings is 3. The molecule has 8 heteroatoms. The highest BCUT2D eigenvalue weighted by Gasteiger charge is 2.29. The van der Waals surface area contributed by atoms with Crippen molar-refractivity contribution in [1.29, 1.82) is 0 Å². The third-order valence-electron chi connectivity index (χ3n) is 5.93. The average Bonchev–Trinajstić information content (AvgIpc) is 3.19. The number of hydroxylamine groups is 1. The van der Waals surface area contributed by atoms with Crippen LogP contribution in [0.4, 0.5) is 4.79 Å². The first-order valence-electron chi connectivity index (χ1n) is 11.3. The zero-order valence-electron chi connectivity index (χ0n) is 19.2. The van der Waals surface area contributed by atoms with Gasteiger partial charge in [0.1, 0.15) is 6.61 Å². The predicted octanol–water partition coefficient (Wildman–Crippen LogP) is 3.79. The lowest BCUT2D eigenvalue weighted by Gasteiger charge is -2.15. The molecule has 1 unspecified atom stereocenters. The molecule has 4 rings (SSSR count). The number of alkyl carbamates (subject to hydrolysis) is 1. The summed E-state index contributed by atoms with van der Waals surface area (Å²) in [7, 11) is 0. The van der Waals surface area contributed by atoms with E-state index in [0.717, 1.165) is 27.8 Å². The summed E-state index contributed by atoms with van der Waals surface area (Å²) in [4.78, 5) is 40.2. The molecule has 0 radical (unpaired) electrons. The zero-order valence-corrected chi connectivity index (χ0v) is 19.2. The number of ether oxygens (including phenoxy) is 1. The van der Waals surface area contributed by atoms with Crippen LogP contribution in [0.3, 0.4) is 0 Å². The van der Waals surface area contributed by atoms with Crippen molar-refractivity contribution < 1.29 is 29.1 Å². The van der Waals surface area contributed by atoms with Gasteiger partial charge in [-0.05, 0) is 40.3 Å². The molecule has 0 aromatic heterocycles. The number of nitrogens with one attached hydrogen (secondary N) is 2. The molecule has 0 saturated heterocycles. The fourth-order valence-corrected chi connectivity index (χ4v) is 4.13.